The maximum absolute atomic E-state index is 14.1. The Balaban J connectivity index is 1.22. The van der Waals surface area contributed by atoms with E-state index in [0.29, 0.717) is 61.3 Å². The van der Waals surface area contributed by atoms with Crippen LogP contribution in [0, 0.1) is 11.6 Å². The molecule has 7 heterocycles. The van der Waals surface area contributed by atoms with Crippen molar-refractivity contribution in [2.45, 2.75) is 44.7 Å². The summed E-state index contributed by atoms with van der Waals surface area (Å²) in [5, 5.41) is 5.06. The second kappa shape index (κ2) is 11.2. The van der Waals surface area contributed by atoms with E-state index in [2.05, 4.69) is 21.1 Å². The standard InChI is InChI=1S/C36H28F2N6O3S/c37-23-7-3-19(4-8-23)5-10-25-28(33-41-36(46)47-42-33)29(30-31(40-25)26-2-1-14-44(26)35(30)45)27-17-21-11-13-39-34(32(21)48-27)43-15-12-20-16-24(38)9-6-22(20)18-43/h3-4,6-9,11,13,16-17,26H,1-2,5,10,12,14-15,18H2,(H,41,42,46)/t26-/m1/s1. The summed E-state index contributed by atoms with van der Waals surface area (Å²) in [5.41, 5.74) is 6.18. The van der Waals surface area contributed by atoms with Gasteiger partial charge >= 0.3 is 5.76 Å². The normalized spacial score (nSPS) is 16.9. The third-order valence-electron chi connectivity index (χ3n) is 9.73. The van der Waals surface area contributed by atoms with Crippen LogP contribution in [-0.4, -0.2) is 44.0 Å². The summed E-state index contributed by atoms with van der Waals surface area (Å²) in [4.78, 5) is 44.1. The number of nitrogens with one attached hydrogen (secondary N) is 1. The number of carbonyl (C=O) groups excluding carboxylic acids is 1. The van der Waals surface area contributed by atoms with Gasteiger partial charge in [0.15, 0.2) is 5.82 Å². The van der Waals surface area contributed by atoms with Gasteiger partial charge in [-0.2, -0.15) is 0 Å². The fourth-order valence-electron chi connectivity index (χ4n) is 7.48. The highest BCUT2D eigenvalue weighted by molar-refractivity contribution is 7.23. The summed E-state index contributed by atoms with van der Waals surface area (Å²) < 4.78 is 33.6. The average molecular weight is 663 g/mol. The molecule has 0 bridgehead atoms. The van der Waals surface area contributed by atoms with Gasteiger partial charge in [0.2, 0.25) is 0 Å². The van der Waals surface area contributed by atoms with E-state index in [1.807, 2.05) is 17.0 Å². The number of halogens is 2. The maximum atomic E-state index is 14.1. The predicted octanol–water partition coefficient (Wildman–Crippen LogP) is 6.62. The molecule has 12 heteroatoms. The maximum Gasteiger partial charge on any atom is 0.439 e. The zero-order chi connectivity index (χ0) is 32.5. The Hall–Kier alpha value is -5.23. The lowest BCUT2D eigenvalue weighted by Crippen LogP contribution is -2.31. The number of fused-ring (bicyclic) bond motifs is 5. The molecule has 9 rings (SSSR count). The first-order valence-corrected chi connectivity index (χ1v) is 16.8. The number of hydrogen-bond acceptors (Lipinski definition) is 8. The number of H-pyrrole nitrogens is 1. The fourth-order valence-corrected chi connectivity index (χ4v) is 8.71. The van der Waals surface area contributed by atoms with Gasteiger partial charge in [-0.05, 0) is 90.6 Å². The van der Waals surface area contributed by atoms with E-state index in [4.69, 9.17) is 14.5 Å². The summed E-state index contributed by atoms with van der Waals surface area (Å²) in [6, 6.07) is 15.2. The molecule has 2 aromatic carbocycles. The topological polar surface area (TPSA) is 108 Å². The van der Waals surface area contributed by atoms with Crippen molar-refractivity contribution in [3.8, 4) is 21.8 Å². The number of benzene rings is 2. The predicted molar refractivity (Wildman–Crippen MR) is 177 cm³/mol. The fraction of sp³-hybridized carbons (Fsp3) is 0.250. The Bertz CT molecular complexity index is 2310. The highest BCUT2D eigenvalue weighted by Gasteiger charge is 2.44. The minimum absolute atomic E-state index is 0.0807. The van der Waals surface area contributed by atoms with Crippen LogP contribution in [0.25, 0.3) is 31.9 Å². The van der Waals surface area contributed by atoms with Crippen LogP contribution in [0.2, 0.25) is 0 Å². The van der Waals surface area contributed by atoms with Crippen LogP contribution in [0.3, 0.4) is 0 Å². The SMILES string of the molecule is O=C1c2c(nc(CCc3ccc(F)cc3)c(-c3noc(=O)[nH]3)c2-c2cc3ccnc(N4CCc5cc(F)ccc5C4)c3s2)[C@H]2CCCN12. The number of carbonyl (C=O) groups is 1. The Labute approximate surface area is 276 Å². The van der Waals surface area contributed by atoms with Crippen LogP contribution in [0.5, 0.6) is 0 Å². The lowest BCUT2D eigenvalue weighted by Gasteiger charge is -2.30. The molecule has 1 fully saturated rings. The Kier molecular flexibility index (Phi) is 6.75. The number of aromatic nitrogens is 4. The van der Waals surface area contributed by atoms with Gasteiger partial charge in [-0.15, -0.1) is 11.3 Å². The third-order valence-corrected chi connectivity index (χ3v) is 10.9. The molecule has 1 atom stereocenters. The summed E-state index contributed by atoms with van der Waals surface area (Å²) in [6.45, 7) is 1.95. The van der Waals surface area contributed by atoms with Crippen molar-refractivity contribution < 1.29 is 18.1 Å². The second-order valence-electron chi connectivity index (χ2n) is 12.5. The minimum Gasteiger partial charge on any atom is -0.351 e. The van der Waals surface area contributed by atoms with Crippen molar-refractivity contribution >= 4 is 33.1 Å². The molecule has 3 aliphatic heterocycles. The smallest absolute Gasteiger partial charge is 0.351 e. The van der Waals surface area contributed by atoms with Crippen LogP contribution < -0.4 is 10.7 Å². The largest absolute Gasteiger partial charge is 0.439 e. The molecule has 0 aliphatic carbocycles. The quantitative estimate of drug-likeness (QED) is 0.214. The zero-order valence-corrected chi connectivity index (χ0v) is 26.4. The van der Waals surface area contributed by atoms with E-state index in [-0.39, 0.29) is 29.4 Å². The summed E-state index contributed by atoms with van der Waals surface area (Å²) in [5.74, 6) is -0.298. The molecule has 1 N–H and O–H groups in total. The Morgan fingerprint density at radius 3 is 2.62 bits per heavy atom. The first kappa shape index (κ1) is 29.0. The summed E-state index contributed by atoms with van der Waals surface area (Å²) >= 11 is 1.54. The van der Waals surface area contributed by atoms with Crippen molar-refractivity contribution in [3.05, 3.63) is 117 Å². The molecule has 0 unspecified atom stereocenters. The first-order chi connectivity index (χ1) is 23.4. The molecule has 0 spiro atoms. The molecular weight excluding hydrogens is 634 g/mol. The van der Waals surface area contributed by atoms with Crippen LogP contribution in [-0.2, 0) is 25.8 Å². The highest BCUT2D eigenvalue weighted by Crippen LogP contribution is 2.50. The number of anilines is 1. The molecule has 0 saturated carbocycles. The lowest BCUT2D eigenvalue weighted by atomic mass is 9.92. The molecule has 48 heavy (non-hydrogen) atoms. The van der Waals surface area contributed by atoms with Crippen molar-refractivity contribution in [1.29, 1.82) is 0 Å². The van der Waals surface area contributed by atoms with E-state index < -0.39 is 5.76 Å². The van der Waals surface area contributed by atoms with E-state index >= 15 is 0 Å². The Morgan fingerprint density at radius 2 is 1.79 bits per heavy atom. The van der Waals surface area contributed by atoms with Crippen molar-refractivity contribution in [2.24, 2.45) is 0 Å². The summed E-state index contributed by atoms with van der Waals surface area (Å²) in [6.07, 6.45) is 5.24. The Morgan fingerprint density at radius 1 is 0.938 bits per heavy atom. The van der Waals surface area contributed by atoms with Crippen molar-refractivity contribution in [1.82, 2.24) is 25.0 Å². The van der Waals surface area contributed by atoms with Crippen LogP contribution >= 0.6 is 11.3 Å². The van der Waals surface area contributed by atoms with Gasteiger partial charge in [0, 0.05) is 36.3 Å². The number of rotatable bonds is 6. The van der Waals surface area contributed by atoms with E-state index in [0.717, 1.165) is 56.0 Å². The van der Waals surface area contributed by atoms with Crippen molar-refractivity contribution in [2.75, 3.05) is 18.0 Å². The molecule has 240 valence electrons. The molecule has 6 aromatic rings. The van der Waals surface area contributed by atoms with E-state index in [1.165, 1.54) is 29.5 Å². The second-order valence-corrected chi connectivity index (χ2v) is 13.6. The monoisotopic (exact) mass is 662 g/mol. The third kappa shape index (κ3) is 4.73. The van der Waals surface area contributed by atoms with Crippen LogP contribution in [0.4, 0.5) is 14.6 Å². The molecule has 4 aromatic heterocycles. The number of pyridine rings is 2. The van der Waals surface area contributed by atoms with Crippen LogP contribution in [0.1, 0.15) is 57.3 Å². The number of aryl methyl sites for hydroxylation is 2. The molecule has 1 amide bonds. The number of nitrogens with zero attached hydrogens (tertiary/aromatic N) is 5. The van der Waals surface area contributed by atoms with Gasteiger partial charge in [-0.3, -0.25) is 19.3 Å². The zero-order valence-electron chi connectivity index (χ0n) is 25.6. The van der Waals surface area contributed by atoms with Crippen molar-refractivity contribution in [3.63, 3.8) is 0 Å². The van der Waals surface area contributed by atoms with Crippen LogP contribution in [0.15, 0.2) is 70.1 Å². The van der Waals surface area contributed by atoms with Gasteiger partial charge in [0.1, 0.15) is 17.5 Å². The molecule has 0 radical (unpaired) electrons. The van der Waals surface area contributed by atoms with Gasteiger partial charge in [0.05, 0.1) is 33.3 Å². The first-order valence-electron chi connectivity index (χ1n) is 16.0. The number of thiophene rings is 1. The van der Waals surface area contributed by atoms with E-state index in [9.17, 15) is 18.4 Å². The number of aromatic amines is 1. The minimum atomic E-state index is -0.707. The summed E-state index contributed by atoms with van der Waals surface area (Å²) in [7, 11) is 0. The lowest BCUT2D eigenvalue weighted by molar-refractivity contribution is 0.0776. The number of amides is 1. The van der Waals surface area contributed by atoms with Gasteiger partial charge in [0.25, 0.3) is 5.91 Å². The van der Waals surface area contributed by atoms with Gasteiger partial charge in [-0.1, -0.05) is 23.4 Å². The van der Waals surface area contributed by atoms with Gasteiger partial charge < -0.3 is 9.80 Å². The molecular formula is C36H28F2N6O3S. The molecule has 9 nitrogen and oxygen atoms in total. The molecule has 1 saturated heterocycles. The number of hydrogen-bond donors (Lipinski definition) is 1. The molecule has 3 aliphatic rings. The average Bonchev–Trinajstić information content (AvgIpc) is 3.89. The van der Waals surface area contributed by atoms with Gasteiger partial charge in [-0.25, -0.2) is 18.6 Å². The van der Waals surface area contributed by atoms with E-state index in [1.54, 1.807) is 24.4 Å². The highest BCUT2D eigenvalue weighted by atomic mass is 32.1.